The van der Waals surface area contributed by atoms with Crippen LogP contribution in [0.2, 0.25) is 0 Å². The maximum atomic E-state index is 5.47. The van der Waals surface area contributed by atoms with Crippen LogP contribution in [0.3, 0.4) is 0 Å². The van der Waals surface area contributed by atoms with Crippen molar-refractivity contribution in [3.05, 3.63) is 29.8 Å². The Morgan fingerprint density at radius 3 is 2.74 bits per heavy atom. The van der Waals surface area contributed by atoms with Crippen molar-refractivity contribution in [2.75, 3.05) is 5.43 Å². The Labute approximate surface area is 112 Å². The maximum absolute atomic E-state index is 5.47. The lowest BCUT2D eigenvalue weighted by Crippen LogP contribution is -2.12. The first-order chi connectivity index (χ1) is 9.17. The Kier molecular flexibility index (Phi) is 2.94. The summed E-state index contributed by atoms with van der Waals surface area (Å²) in [6.45, 7) is 4.24. The first-order valence-corrected chi connectivity index (χ1v) is 6.59. The van der Waals surface area contributed by atoms with Crippen LogP contribution in [0, 0.1) is 0 Å². The molecule has 0 spiro atoms. The topological polar surface area (TPSA) is 81.7 Å². The summed E-state index contributed by atoms with van der Waals surface area (Å²) in [4.78, 5) is 8.97. The third kappa shape index (κ3) is 2.44. The number of anilines is 1. The first-order valence-electron chi connectivity index (χ1n) is 6.59. The fourth-order valence-electron chi connectivity index (χ4n) is 1.94. The minimum absolute atomic E-state index is 0.401. The first kappa shape index (κ1) is 12.1. The van der Waals surface area contributed by atoms with E-state index < -0.39 is 0 Å². The van der Waals surface area contributed by atoms with E-state index in [0.717, 1.165) is 30.2 Å². The number of nitrogens with zero attached hydrogens (tertiary/aromatic N) is 4. The van der Waals surface area contributed by atoms with Crippen molar-refractivity contribution in [3.8, 4) is 5.82 Å². The molecule has 0 atom stereocenters. The summed E-state index contributed by atoms with van der Waals surface area (Å²) in [5.74, 6) is 8.60. The third-order valence-corrected chi connectivity index (χ3v) is 3.26. The van der Waals surface area contributed by atoms with Gasteiger partial charge in [0.15, 0.2) is 5.82 Å². The van der Waals surface area contributed by atoms with Crippen molar-refractivity contribution >= 4 is 5.82 Å². The Balaban J connectivity index is 2.00. The number of hydrogen-bond acceptors (Lipinski definition) is 5. The second-order valence-electron chi connectivity index (χ2n) is 5.23. The SMILES string of the molecule is CC(C)c1ccn(-c2cc(NN)nc(C3CC3)n2)n1. The molecule has 0 amide bonds. The molecule has 2 aromatic rings. The molecule has 0 aromatic carbocycles. The van der Waals surface area contributed by atoms with Gasteiger partial charge >= 0.3 is 0 Å². The van der Waals surface area contributed by atoms with Crippen molar-refractivity contribution in [2.45, 2.75) is 38.5 Å². The molecule has 6 nitrogen and oxygen atoms in total. The summed E-state index contributed by atoms with van der Waals surface area (Å²) in [7, 11) is 0. The van der Waals surface area contributed by atoms with Gasteiger partial charge < -0.3 is 5.43 Å². The van der Waals surface area contributed by atoms with Gasteiger partial charge in [-0.2, -0.15) is 5.10 Å². The van der Waals surface area contributed by atoms with Gasteiger partial charge in [0.2, 0.25) is 0 Å². The highest BCUT2D eigenvalue weighted by atomic mass is 15.3. The smallest absolute Gasteiger partial charge is 0.159 e. The zero-order valence-electron chi connectivity index (χ0n) is 11.2. The van der Waals surface area contributed by atoms with E-state index in [1.165, 1.54) is 0 Å². The number of nitrogens with two attached hydrogens (primary N) is 1. The lowest BCUT2D eigenvalue weighted by molar-refractivity contribution is 0.748. The van der Waals surface area contributed by atoms with E-state index >= 15 is 0 Å². The van der Waals surface area contributed by atoms with Gasteiger partial charge in [0.25, 0.3) is 0 Å². The minimum atomic E-state index is 0.401. The zero-order chi connectivity index (χ0) is 13.4. The van der Waals surface area contributed by atoms with Crippen LogP contribution >= 0.6 is 0 Å². The number of aromatic nitrogens is 4. The average molecular weight is 258 g/mol. The maximum Gasteiger partial charge on any atom is 0.159 e. The van der Waals surface area contributed by atoms with Crippen LogP contribution in [0.5, 0.6) is 0 Å². The number of nitrogen functional groups attached to an aromatic ring is 1. The monoisotopic (exact) mass is 258 g/mol. The number of nitrogens with one attached hydrogen (secondary N) is 1. The number of rotatable bonds is 4. The summed E-state index contributed by atoms with van der Waals surface area (Å²) >= 11 is 0. The van der Waals surface area contributed by atoms with Crippen molar-refractivity contribution < 1.29 is 0 Å². The summed E-state index contributed by atoms with van der Waals surface area (Å²) in [6, 6.07) is 3.82. The standard InChI is InChI=1S/C13H18N6/c1-8(2)10-5-6-19(18-10)12-7-11(17-14)15-13(16-12)9-3-4-9/h5-9H,3-4,14H2,1-2H3,(H,15,16,17). The quantitative estimate of drug-likeness (QED) is 0.647. The van der Waals surface area contributed by atoms with Gasteiger partial charge in [-0.25, -0.2) is 20.5 Å². The van der Waals surface area contributed by atoms with E-state index in [2.05, 4.69) is 34.3 Å². The molecule has 3 rings (SSSR count). The van der Waals surface area contributed by atoms with Crippen LogP contribution in [0.4, 0.5) is 5.82 Å². The number of hydrazine groups is 1. The minimum Gasteiger partial charge on any atom is -0.308 e. The van der Waals surface area contributed by atoms with E-state index in [9.17, 15) is 0 Å². The van der Waals surface area contributed by atoms with Crippen molar-refractivity contribution in [1.82, 2.24) is 19.7 Å². The summed E-state index contributed by atoms with van der Waals surface area (Å²) in [5, 5.41) is 4.53. The summed E-state index contributed by atoms with van der Waals surface area (Å²) < 4.78 is 1.78. The predicted octanol–water partition coefficient (Wildman–Crippen LogP) is 1.95. The second kappa shape index (κ2) is 4.62. The largest absolute Gasteiger partial charge is 0.308 e. The molecule has 2 aromatic heterocycles. The lowest BCUT2D eigenvalue weighted by Gasteiger charge is -2.07. The molecule has 6 heteroatoms. The molecule has 1 saturated carbocycles. The van der Waals surface area contributed by atoms with Crippen LogP contribution in [0.15, 0.2) is 18.3 Å². The van der Waals surface area contributed by atoms with Crippen molar-refractivity contribution in [3.63, 3.8) is 0 Å². The normalized spacial score (nSPS) is 14.9. The lowest BCUT2D eigenvalue weighted by atomic mass is 10.1. The molecule has 3 N–H and O–H groups in total. The number of hydrogen-bond donors (Lipinski definition) is 2. The highest BCUT2D eigenvalue weighted by Crippen LogP contribution is 2.38. The Bertz CT molecular complexity index is 585. The van der Waals surface area contributed by atoms with E-state index in [1.807, 2.05) is 18.3 Å². The fraction of sp³-hybridized carbons (Fsp3) is 0.462. The Morgan fingerprint density at radius 2 is 2.16 bits per heavy atom. The van der Waals surface area contributed by atoms with Crippen molar-refractivity contribution in [1.29, 1.82) is 0 Å². The van der Waals surface area contributed by atoms with Crippen LogP contribution < -0.4 is 11.3 Å². The van der Waals surface area contributed by atoms with Crippen LogP contribution in [-0.4, -0.2) is 19.7 Å². The van der Waals surface area contributed by atoms with Crippen LogP contribution in [0.1, 0.15) is 50.0 Å². The van der Waals surface area contributed by atoms with Gasteiger partial charge in [-0.1, -0.05) is 13.8 Å². The molecule has 0 saturated heterocycles. The second-order valence-corrected chi connectivity index (χ2v) is 5.23. The van der Waals surface area contributed by atoms with Crippen LogP contribution in [0.25, 0.3) is 5.82 Å². The Hall–Kier alpha value is -1.95. The van der Waals surface area contributed by atoms with Gasteiger partial charge in [0.1, 0.15) is 11.6 Å². The molecular formula is C13H18N6. The van der Waals surface area contributed by atoms with E-state index in [1.54, 1.807) is 4.68 Å². The molecule has 0 bridgehead atoms. The van der Waals surface area contributed by atoms with Crippen LogP contribution in [-0.2, 0) is 0 Å². The molecule has 19 heavy (non-hydrogen) atoms. The molecule has 0 aliphatic heterocycles. The predicted molar refractivity (Wildman–Crippen MR) is 73.0 cm³/mol. The van der Waals surface area contributed by atoms with Gasteiger partial charge in [-0.3, -0.25) is 0 Å². The van der Waals surface area contributed by atoms with Gasteiger partial charge in [0.05, 0.1) is 5.69 Å². The van der Waals surface area contributed by atoms with Crippen molar-refractivity contribution in [2.24, 2.45) is 5.84 Å². The van der Waals surface area contributed by atoms with E-state index in [-0.39, 0.29) is 0 Å². The van der Waals surface area contributed by atoms with Gasteiger partial charge in [0, 0.05) is 18.2 Å². The van der Waals surface area contributed by atoms with Gasteiger partial charge in [-0.15, -0.1) is 0 Å². The molecule has 0 radical (unpaired) electrons. The molecule has 1 aliphatic carbocycles. The highest BCUT2D eigenvalue weighted by Gasteiger charge is 2.27. The highest BCUT2D eigenvalue weighted by molar-refractivity contribution is 5.41. The third-order valence-electron chi connectivity index (χ3n) is 3.26. The summed E-state index contributed by atoms with van der Waals surface area (Å²) in [5.41, 5.74) is 3.65. The molecule has 100 valence electrons. The molecule has 0 unspecified atom stereocenters. The molecule has 1 aliphatic rings. The molecule has 1 fully saturated rings. The fourth-order valence-corrected chi connectivity index (χ4v) is 1.94. The zero-order valence-corrected chi connectivity index (χ0v) is 11.2. The average Bonchev–Trinajstić information content (AvgIpc) is 3.14. The van der Waals surface area contributed by atoms with E-state index in [4.69, 9.17) is 5.84 Å². The Morgan fingerprint density at radius 1 is 1.37 bits per heavy atom. The summed E-state index contributed by atoms with van der Waals surface area (Å²) in [6.07, 6.45) is 4.24. The molecule has 2 heterocycles. The van der Waals surface area contributed by atoms with E-state index in [0.29, 0.717) is 17.7 Å². The van der Waals surface area contributed by atoms with Gasteiger partial charge in [-0.05, 0) is 24.8 Å². The molecular weight excluding hydrogens is 240 g/mol.